The van der Waals surface area contributed by atoms with Gasteiger partial charge in [-0.2, -0.15) is 13.2 Å². The zero-order valence-electron chi connectivity index (χ0n) is 17.1. The van der Waals surface area contributed by atoms with Crippen molar-refractivity contribution in [3.63, 3.8) is 0 Å². The molecule has 1 aromatic carbocycles. The van der Waals surface area contributed by atoms with Crippen LogP contribution in [0.15, 0.2) is 48.8 Å². The summed E-state index contributed by atoms with van der Waals surface area (Å²) in [5.74, 6) is 0.326. The molecule has 168 valence electrons. The van der Waals surface area contributed by atoms with Crippen LogP contribution < -0.4 is 4.74 Å². The average Bonchev–Trinajstić information content (AvgIpc) is 3.27. The molecule has 1 saturated carbocycles. The van der Waals surface area contributed by atoms with E-state index in [-0.39, 0.29) is 24.3 Å². The number of pyridine rings is 1. The van der Waals surface area contributed by atoms with E-state index >= 15 is 0 Å². The van der Waals surface area contributed by atoms with Crippen molar-refractivity contribution in [1.29, 1.82) is 0 Å². The number of carboxylic acids is 1. The number of halogens is 3. The Kier molecular flexibility index (Phi) is 6.16. The molecule has 1 fully saturated rings. The van der Waals surface area contributed by atoms with Crippen LogP contribution in [-0.4, -0.2) is 32.1 Å². The quantitative estimate of drug-likeness (QED) is 0.518. The second kappa shape index (κ2) is 9.02. The fourth-order valence-corrected chi connectivity index (χ4v) is 3.91. The van der Waals surface area contributed by atoms with Gasteiger partial charge >= 0.3 is 12.1 Å². The van der Waals surface area contributed by atoms with Crippen molar-refractivity contribution in [1.82, 2.24) is 15.0 Å². The van der Waals surface area contributed by atoms with Crippen molar-refractivity contribution in [3.05, 3.63) is 54.5 Å². The number of nitrogens with one attached hydrogen (secondary N) is 1. The zero-order chi connectivity index (χ0) is 22.7. The van der Waals surface area contributed by atoms with Crippen LogP contribution in [0, 0.1) is 5.92 Å². The lowest BCUT2D eigenvalue weighted by Crippen LogP contribution is -2.25. The first-order valence-corrected chi connectivity index (χ1v) is 10.4. The van der Waals surface area contributed by atoms with E-state index in [0.29, 0.717) is 11.3 Å². The maximum absolute atomic E-state index is 12.7. The van der Waals surface area contributed by atoms with Crippen LogP contribution in [0.4, 0.5) is 13.2 Å². The number of aliphatic carboxylic acids is 1. The summed E-state index contributed by atoms with van der Waals surface area (Å²) in [4.78, 5) is 21.2. The van der Waals surface area contributed by atoms with Gasteiger partial charge in [0.05, 0.1) is 18.0 Å². The van der Waals surface area contributed by atoms with Gasteiger partial charge in [-0.15, -0.1) is 0 Å². The minimum atomic E-state index is -4.47. The van der Waals surface area contributed by atoms with Gasteiger partial charge in [-0.1, -0.05) is 0 Å². The molecule has 2 N–H and O–H groups in total. The number of H-pyrrole nitrogens is 1. The summed E-state index contributed by atoms with van der Waals surface area (Å²) in [6, 6.07) is 10.9. The largest absolute Gasteiger partial charge is 0.490 e. The van der Waals surface area contributed by atoms with Gasteiger partial charge in [0.25, 0.3) is 0 Å². The number of hydrogen-bond acceptors (Lipinski definition) is 4. The van der Waals surface area contributed by atoms with E-state index in [2.05, 4.69) is 15.0 Å². The fraction of sp³-hybridized carbons (Fsp3) is 0.348. The maximum atomic E-state index is 12.7. The van der Waals surface area contributed by atoms with Gasteiger partial charge in [-0.3, -0.25) is 9.78 Å². The molecule has 1 aliphatic rings. The summed E-state index contributed by atoms with van der Waals surface area (Å²) in [5, 5.41) is 8.91. The topological polar surface area (TPSA) is 88.1 Å². The minimum Gasteiger partial charge on any atom is -0.490 e. The van der Waals surface area contributed by atoms with Crippen LogP contribution >= 0.6 is 0 Å². The van der Waals surface area contributed by atoms with Crippen LogP contribution in [-0.2, 0) is 11.0 Å². The van der Waals surface area contributed by atoms with Crippen molar-refractivity contribution in [2.24, 2.45) is 5.92 Å². The van der Waals surface area contributed by atoms with E-state index in [1.165, 1.54) is 6.20 Å². The molecule has 0 aliphatic heterocycles. The molecule has 9 heteroatoms. The summed E-state index contributed by atoms with van der Waals surface area (Å²) in [7, 11) is 0. The number of imidazole rings is 1. The average molecular weight is 445 g/mol. The highest BCUT2D eigenvalue weighted by atomic mass is 19.4. The number of carboxylic acid groups (broad SMARTS) is 1. The standard InChI is InChI=1S/C23H22F3N3O3/c24-23(25,26)20-13-28-22(29-20)16-5-10-19(27-12-16)15-3-8-18(9-4-15)32-17-6-1-14(2-7-17)11-21(30)31/h3-5,8-10,12-14,17H,1-2,6-7,11H2,(H,28,29)(H,30,31). The van der Waals surface area contributed by atoms with Gasteiger partial charge in [-0.25, -0.2) is 4.98 Å². The van der Waals surface area contributed by atoms with Crippen LogP contribution in [0.2, 0.25) is 0 Å². The lowest BCUT2D eigenvalue weighted by Gasteiger charge is -2.28. The molecule has 0 atom stereocenters. The van der Waals surface area contributed by atoms with Crippen LogP contribution in [0.1, 0.15) is 37.8 Å². The SMILES string of the molecule is O=C(O)CC1CCC(Oc2ccc(-c3ccc(-c4ncc(C(F)(F)F)[nH]4)cn3)cc2)CC1. The molecule has 32 heavy (non-hydrogen) atoms. The predicted molar refractivity (Wildman–Crippen MR) is 111 cm³/mol. The highest BCUT2D eigenvalue weighted by molar-refractivity contribution is 5.67. The number of benzene rings is 1. The molecule has 6 nitrogen and oxygen atoms in total. The number of nitrogens with zero attached hydrogens (tertiary/aromatic N) is 2. The van der Waals surface area contributed by atoms with Crippen molar-refractivity contribution in [2.45, 2.75) is 44.4 Å². The van der Waals surface area contributed by atoms with Crippen molar-refractivity contribution >= 4 is 5.97 Å². The number of aromatic amines is 1. The Hall–Kier alpha value is -3.36. The van der Waals surface area contributed by atoms with E-state index < -0.39 is 17.8 Å². The van der Waals surface area contributed by atoms with E-state index in [0.717, 1.165) is 43.2 Å². The van der Waals surface area contributed by atoms with Gasteiger partial charge in [0, 0.05) is 23.7 Å². The number of hydrogen-bond donors (Lipinski definition) is 2. The molecular formula is C23H22F3N3O3. The molecule has 2 aromatic heterocycles. The van der Waals surface area contributed by atoms with Crippen molar-refractivity contribution in [3.8, 4) is 28.4 Å². The van der Waals surface area contributed by atoms with Gasteiger partial charge < -0.3 is 14.8 Å². The number of carbonyl (C=O) groups is 1. The van der Waals surface area contributed by atoms with E-state index in [1.807, 2.05) is 24.3 Å². The first kappa shape index (κ1) is 21.9. The first-order chi connectivity index (χ1) is 15.3. The molecular weight excluding hydrogens is 423 g/mol. The number of ether oxygens (including phenoxy) is 1. The lowest BCUT2D eigenvalue weighted by atomic mass is 9.85. The second-order valence-electron chi connectivity index (χ2n) is 7.96. The molecule has 0 saturated heterocycles. The smallest absolute Gasteiger partial charge is 0.432 e. The van der Waals surface area contributed by atoms with E-state index in [1.54, 1.807) is 12.1 Å². The Morgan fingerprint density at radius 3 is 2.25 bits per heavy atom. The third-order valence-electron chi connectivity index (χ3n) is 5.63. The maximum Gasteiger partial charge on any atom is 0.432 e. The highest BCUT2D eigenvalue weighted by Gasteiger charge is 2.33. The summed E-state index contributed by atoms with van der Waals surface area (Å²) in [6.45, 7) is 0. The minimum absolute atomic E-state index is 0.0817. The Balaban J connectivity index is 1.36. The summed E-state index contributed by atoms with van der Waals surface area (Å²) in [6.07, 6.45) is 1.46. The summed E-state index contributed by atoms with van der Waals surface area (Å²) < 4.78 is 44.2. The number of alkyl halides is 3. The molecule has 3 aromatic rings. The molecule has 0 spiro atoms. The predicted octanol–water partition coefficient (Wildman–Crippen LogP) is 5.57. The lowest BCUT2D eigenvalue weighted by molar-refractivity contribution is -0.141. The Labute approximate surface area is 182 Å². The van der Waals surface area contributed by atoms with Crippen LogP contribution in [0.25, 0.3) is 22.6 Å². The second-order valence-corrected chi connectivity index (χ2v) is 7.96. The summed E-state index contributed by atoms with van der Waals surface area (Å²) in [5.41, 5.74) is 1.09. The molecule has 0 radical (unpaired) electrons. The summed E-state index contributed by atoms with van der Waals surface area (Å²) >= 11 is 0. The molecule has 2 heterocycles. The van der Waals surface area contributed by atoms with Gasteiger partial charge in [0.15, 0.2) is 0 Å². The van der Waals surface area contributed by atoms with Crippen molar-refractivity contribution in [2.75, 3.05) is 0 Å². The zero-order valence-corrected chi connectivity index (χ0v) is 17.1. The van der Waals surface area contributed by atoms with Gasteiger partial charge in [-0.05, 0) is 68.0 Å². The Bertz CT molecular complexity index is 1050. The Morgan fingerprint density at radius 1 is 1.00 bits per heavy atom. The monoisotopic (exact) mass is 445 g/mol. The third kappa shape index (κ3) is 5.27. The first-order valence-electron chi connectivity index (χ1n) is 10.4. The Morgan fingerprint density at radius 2 is 1.69 bits per heavy atom. The van der Waals surface area contributed by atoms with Gasteiger partial charge in [0.1, 0.15) is 17.3 Å². The van der Waals surface area contributed by atoms with Crippen LogP contribution in [0.5, 0.6) is 5.75 Å². The highest BCUT2D eigenvalue weighted by Crippen LogP contribution is 2.31. The fourth-order valence-electron chi connectivity index (χ4n) is 3.91. The number of aromatic nitrogens is 3. The number of rotatable bonds is 6. The molecule has 0 unspecified atom stereocenters. The molecule has 1 aliphatic carbocycles. The molecule has 4 rings (SSSR count). The third-order valence-corrected chi connectivity index (χ3v) is 5.63. The normalized spacial score (nSPS) is 19.0. The van der Waals surface area contributed by atoms with Gasteiger partial charge in [0.2, 0.25) is 0 Å². The van der Waals surface area contributed by atoms with Crippen molar-refractivity contribution < 1.29 is 27.8 Å². The molecule has 0 bridgehead atoms. The molecule has 0 amide bonds. The van der Waals surface area contributed by atoms with E-state index in [4.69, 9.17) is 9.84 Å². The van der Waals surface area contributed by atoms with Crippen LogP contribution in [0.3, 0.4) is 0 Å². The van der Waals surface area contributed by atoms with E-state index in [9.17, 15) is 18.0 Å².